The van der Waals surface area contributed by atoms with Crippen LogP contribution < -0.4 is 10.2 Å². The third-order valence-corrected chi connectivity index (χ3v) is 4.21. The maximum absolute atomic E-state index is 11.9. The number of hydrogen-bond donors (Lipinski definition) is 1. The first kappa shape index (κ1) is 16.0. The molecule has 0 heterocycles. The van der Waals surface area contributed by atoms with Gasteiger partial charge < -0.3 is 4.74 Å². The zero-order valence-corrected chi connectivity index (χ0v) is 14.9. The zero-order valence-electron chi connectivity index (χ0n) is 11.1. The highest BCUT2D eigenvalue weighted by molar-refractivity contribution is 14.1. The van der Waals surface area contributed by atoms with Crippen LogP contribution in [0.2, 0.25) is 0 Å². The fourth-order valence-electron chi connectivity index (χ4n) is 1.63. The predicted octanol–water partition coefficient (Wildman–Crippen LogP) is 3.83. The molecule has 108 valence electrons. The lowest BCUT2D eigenvalue weighted by Crippen LogP contribution is -2.18. The summed E-state index contributed by atoms with van der Waals surface area (Å²) in [6.07, 6.45) is 1.59. The van der Waals surface area contributed by atoms with Crippen LogP contribution in [0.3, 0.4) is 0 Å². The van der Waals surface area contributed by atoms with Crippen LogP contribution >= 0.6 is 38.5 Å². The van der Waals surface area contributed by atoms with Crippen LogP contribution in [-0.2, 0) is 0 Å². The van der Waals surface area contributed by atoms with Crippen LogP contribution in [0.5, 0.6) is 5.75 Å². The molecule has 0 atom stereocenters. The van der Waals surface area contributed by atoms with Gasteiger partial charge >= 0.3 is 0 Å². The standard InChI is InChI=1S/C15H12BrIN2O2/c1-21-14-7-6-10(8-13(14)17)9-18-19-15(20)11-4-2-3-5-12(11)16/h2-9H,1H3,(H,19,20). The van der Waals surface area contributed by atoms with Crippen molar-refractivity contribution >= 4 is 50.6 Å². The molecule has 0 fully saturated rings. The lowest BCUT2D eigenvalue weighted by molar-refractivity contribution is 0.0954. The molecular weight excluding hydrogens is 447 g/mol. The minimum atomic E-state index is -0.262. The quantitative estimate of drug-likeness (QED) is 0.430. The molecule has 2 rings (SSSR count). The van der Waals surface area contributed by atoms with Crippen LogP contribution in [0.15, 0.2) is 52.0 Å². The Morgan fingerprint density at radius 1 is 1.33 bits per heavy atom. The minimum absolute atomic E-state index is 0.262. The number of hydrazone groups is 1. The number of hydrogen-bond acceptors (Lipinski definition) is 3. The van der Waals surface area contributed by atoms with Gasteiger partial charge in [-0.25, -0.2) is 5.43 Å². The second-order valence-electron chi connectivity index (χ2n) is 4.07. The molecule has 2 aromatic rings. The molecule has 1 amide bonds. The molecule has 6 heteroatoms. The molecule has 0 unspecified atom stereocenters. The average Bonchev–Trinajstić information content (AvgIpc) is 2.48. The van der Waals surface area contributed by atoms with Crippen molar-refractivity contribution in [3.63, 3.8) is 0 Å². The van der Waals surface area contributed by atoms with Gasteiger partial charge in [-0.05, 0) is 74.4 Å². The molecule has 0 aliphatic heterocycles. The third-order valence-electron chi connectivity index (χ3n) is 2.67. The summed E-state index contributed by atoms with van der Waals surface area (Å²) in [5.41, 5.74) is 3.93. The predicted molar refractivity (Wildman–Crippen MR) is 94.9 cm³/mol. The van der Waals surface area contributed by atoms with E-state index < -0.39 is 0 Å². The van der Waals surface area contributed by atoms with Crippen molar-refractivity contribution in [1.29, 1.82) is 0 Å². The number of carbonyl (C=O) groups is 1. The molecule has 0 radical (unpaired) electrons. The molecule has 4 nitrogen and oxygen atoms in total. The van der Waals surface area contributed by atoms with Crippen LogP contribution in [0.1, 0.15) is 15.9 Å². The monoisotopic (exact) mass is 458 g/mol. The van der Waals surface area contributed by atoms with Crippen LogP contribution in [0.25, 0.3) is 0 Å². The average molecular weight is 459 g/mol. The number of carbonyl (C=O) groups excluding carboxylic acids is 1. The van der Waals surface area contributed by atoms with Crippen molar-refractivity contribution in [2.24, 2.45) is 5.10 Å². The Bertz CT molecular complexity index is 689. The number of ether oxygens (including phenoxy) is 1. The van der Waals surface area contributed by atoms with Gasteiger partial charge in [0.25, 0.3) is 5.91 Å². The van der Waals surface area contributed by atoms with Gasteiger partial charge in [0.15, 0.2) is 0 Å². The number of methoxy groups -OCH3 is 1. The first-order chi connectivity index (χ1) is 10.1. The van der Waals surface area contributed by atoms with Crippen molar-refractivity contribution in [3.8, 4) is 5.75 Å². The van der Waals surface area contributed by atoms with Crippen molar-refractivity contribution in [1.82, 2.24) is 5.43 Å². The van der Waals surface area contributed by atoms with Gasteiger partial charge in [0.2, 0.25) is 0 Å². The molecule has 0 aliphatic rings. The van der Waals surface area contributed by atoms with Crippen LogP contribution in [0, 0.1) is 3.57 Å². The van der Waals surface area contributed by atoms with Crippen LogP contribution in [0.4, 0.5) is 0 Å². The summed E-state index contributed by atoms with van der Waals surface area (Å²) in [4.78, 5) is 11.9. The van der Waals surface area contributed by atoms with Gasteiger partial charge in [-0.15, -0.1) is 0 Å². The lowest BCUT2D eigenvalue weighted by atomic mass is 10.2. The second kappa shape index (κ2) is 7.56. The summed E-state index contributed by atoms with van der Waals surface area (Å²) >= 11 is 5.52. The highest BCUT2D eigenvalue weighted by Gasteiger charge is 2.07. The number of rotatable bonds is 4. The summed E-state index contributed by atoms with van der Waals surface area (Å²) in [5, 5.41) is 3.97. The van der Waals surface area contributed by atoms with Gasteiger partial charge in [-0.3, -0.25) is 4.79 Å². The summed E-state index contributed by atoms with van der Waals surface area (Å²) in [6.45, 7) is 0. The van der Waals surface area contributed by atoms with E-state index >= 15 is 0 Å². The first-order valence-electron chi connectivity index (χ1n) is 6.03. The molecule has 0 spiro atoms. The molecule has 0 aliphatic carbocycles. The maximum Gasteiger partial charge on any atom is 0.272 e. The summed E-state index contributed by atoms with van der Waals surface area (Å²) < 4.78 is 6.90. The van der Waals surface area contributed by atoms with Gasteiger partial charge in [-0.2, -0.15) is 5.10 Å². The number of amides is 1. The molecule has 0 aromatic heterocycles. The van der Waals surface area contributed by atoms with Crippen molar-refractivity contribution in [3.05, 3.63) is 61.6 Å². The van der Waals surface area contributed by atoms with Crippen molar-refractivity contribution < 1.29 is 9.53 Å². The van der Waals surface area contributed by atoms with E-state index in [2.05, 4.69) is 49.0 Å². The Morgan fingerprint density at radius 2 is 2.10 bits per heavy atom. The Labute approximate surface area is 144 Å². The highest BCUT2D eigenvalue weighted by Crippen LogP contribution is 2.20. The van der Waals surface area contributed by atoms with Crippen molar-refractivity contribution in [2.45, 2.75) is 0 Å². The van der Waals surface area contributed by atoms with Crippen LogP contribution in [-0.4, -0.2) is 19.2 Å². The summed E-state index contributed by atoms with van der Waals surface area (Å²) in [7, 11) is 1.63. The van der Waals surface area contributed by atoms with E-state index in [9.17, 15) is 4.79 Å². The SMILES string of the molecule is COc1ccc(C=NNC(=O)c2ccccc2Br)cc1I. The molecule has 2 aromatic carbocycles. The fourth-order valence-corrected chi connectivity index (χ4v) is 2.86. The molecule has 0 bridgehead atoms. The fraction of sp³-hybridized carbons (Fsp3) is 0.0667. The summed E-state index contributed by atoms with van der Waals surface area (Å²) in [5.74, 6) is 0.548. The van der Waals surface area contributed by atoms with E-state index in [4.69, 9.17) is 4.74 Å². The minimum Gasteiger partial charge on any atom is -0.496 e. The molecule has 21 heavy (non-hydrogen) atoms. The van der Waals surface area contributed by atoms with E-state index in [1.54, 1.807) is 25.5 Å². The van der Waals surface area contributed by atoms with Gasteiger partial charge in [-0.1, -0.05) is 12.1 Å². The van der Waals surface area contributed by atoms with Gasteiger partial charge in [0.1, 0.15) is 5.75 Å². The molecule has 0 saturated heterocycles. The van der Waals surface area contributed by atoms with E-state index in [-0.39, 0.29) is 5.91 Å². The Kier molecular flexibility index (Phi) is 5.75. The molecule has 0 saturated carbocycles. The van der Waals surface area contributed by atoms with E-state index in [0.717, 1.165) is 19.4 Å². The summed E-state index contributed by atoms with van der Waals surface area (Å²) in [6, 6.07) is 12.8. The first-order valence-corrected chi connectivity index (χ1v) is 7.90. The molecular formula is C15H12BrIN2O2. The lowest BCUT2D eigenvalue weighted by Gasteiger charge is -2.04. The molecule has 1 N–H and O–H groups in total. The number of halogens is 2. The number of nitrogens with zero attached hydrogens (tertiary/aromatic N) is 1. The number of benzene rings is 2. The highest BCUT2D eigenvalue weighted by atomic mass is 127. The topological polar surface area (TPSA) is 50.7 Å². The Hall–Kier alpha value is -1.41. The van der Waals surface area contributed by atoms with Gasteiger partial charge in [0, 0.05) is 4.47 Å². The van der Waals surface area contributed by atoms with E-state index in [0.29, 0.717) is 5.56 Å². The van der Waals surface area contributed by atoms with Crippen molar-refractivity contribution in [2.75, 3.05) is 7.11 Å². The van der Waals surface area contributed by atoms with E-state index in [1.807, 2.05) is 30.3 Å². The smallest absolute Gasteiger partial charge is 0.272 e. The van der Waals surface area contributed by atoms with E-state index in [1.165, 1.54) is 0 Å². The Balaban J connectivity index is 2.04. The third kappa shape index (κ3) is 4.28. The Morgan fingerprint density at radius 3 is 2.76 bits per heavy atom. The number of nitrogens with one attached hydrogen (secondary N) is 1. The normalized spacial score (nSPS) is 10.6. The van der Waals surface area contributed by atoms with Gasteiger partial charge in [0.05, 0.1) is 22.5 Å². The largest absolute Gasteiger partial charge is 0.496 e. The maximum atomic E-state index is 11.9. The second-order valence-corrected chi connectivity index (χ2v) is 6.09. The zero-order chi connectivity index (χ0) is 15.2.